The highest BCUT2D eigenvalue weighted by Gasteiger charge is 2.22. The van der Waals surface area contributed by atoms with E-state index in [1.807, 2.05) is 74.5 Å². The normalized spacial score (nSPS) is 14.1. The molecule has 1 heterocycles. The van der Waals surface area contributed by atoms with Crippen LogP contribution in [0.25, 0.3) is 33.4 Å². The zero-order chi connectivity index (χ0) is 23.4. The third-order valence-corrected chi connectivity index (χ3v) is 5.91. The van der Waals surface area contributed by atoms with Crippen molar-refractivity contribution in [2.45, 2.75) is 38.3 Å². The van der Waals surface area contributed by atoms with E-state index < -0.39 is 11.6 Å². The molecule has 0 saturated heterocycles. The predicted molar refractivity (Wildman–Crippen MR) is 132 cm³/mol. The van der Waals surface area contributed by atoms with E-state index in [0.717, 1.165) is 17.5 Å². The van der Waals surface area contributed by atoms with Crippen molar-refractivity contribution < 1.29 is 14.3 Å². The molecule has 1 aromatic heterocycles. The van der Waals surface area contributed by atoms with Gasteiger partial charge in [-0.25, -0.2) is 0 Å². The molecule has 2 unspecified atom stereocenters. The van der Waals surface area contributed by atoms with Crippen LogP contribution >= 0.6 is 0 Å². The van der Waals surface area contributed by atoms with Crippen LogP contribution in [0.3, 0.4) is 0 Å². The summed E-state index contributed by atoms with van der Waals surface area (Å²) >= 11 is 0. The molecule has 3 N–H and O–H groups in total. The number of hydrogen-bond donors (Lipinski definition) is 2. The molecule has 170 valence electrons. The van der Waals surface area contributed by atoms with Crippen molar-refractivity contribution in [3.05, 3.63) is 89.1 Å². The number of rotatable bonds is 8. The monoisotopic (exact) mass is 443 g/mol. The molecule has 0 bridgehead atoms. The van der Waals surface area contributed by atoms with E-state index in [2.05, 4.69) is 0 Å². The quantitative estimate of drug-likeness (QED) is 0.382. The fraction of sp³-hybridized carbons (Fsp3) is 0.250. The predicted octanol–water partition coefficient (Wildman–Crippen LogP) is 5.38. The highest BCUT2D eigenvalue weighted by Crippen LogP contribution is 2.33. The van der Waals surface area contributed by atoms with Gasteiger partial charge in [0.2, 0.25) is 5.43 Å². The molecule has 2 atom stereocenters. The van der Waals surface area contributed by atoms with Crippen LogP contribution in [-0.4, -0.2) is 23.4 Å². The second-order valence-corrected chi connectivity index (χ2v) is 8.70. The number of aliphatic hydroxyl groups is 1. The zero-order valence-corrected chi connectivity index (χ0v) is 19.0. The second-order valence-electron chi connectivity index (χ2n) is 8.70. The van der Waals surface area contributed by atoms with Crippen molar-refractivity contribution in [3.63, 3.8) is 0 Å². The van der Waals surface area contributed by atoms with Crippen LogP contribution < -0.4 is 15.9 Å². The number of fused-ring (bicyclic) bond motifs is 1. The number of aliphatic hydroxyl groups excluding tert-OH is 1. The molecule has 0 aliphatic heterocycles. The van der Waals surface area contributed by atoms with E-state index in [4.69, 9.17) is 14.9 Å². The summed E-state index contributed by atoms with van der Waals surface area (Å²) in [5.74, 6) is 1.03. The van der Waals surface area contributed by atoms with Crippen molar-refractivity contribution in [2.75, 3.05) is 6.61 Å². The molecule has 0 fully saturated rings. The van der Waals surface area contributed by atoms with E-state index in [1.54, 1.807) is 18.2 Å². The van der Waals surface area contributed by atoms with E-state index in [-0.39, 0.29) is 12.0 Å². The summed E-state index contributed by atoms with van der Waals surface area (Å²) in [6.07, 6.45) is 0.505. The van der Waals surface area contributed by atoms with Crippen LogP contribution in [0.4, 0.5) is 0 Å². The molecule has 33 heavy (non-hydrogen) atoms. The van der Waals surface area contributed by atoms with Crippen molar-refractivity contribution in [2.24, 2.45) is 5.73 Å². The Balaban J connectivity index is 1.73. The van der Waals surface area contributed by atoms with Crippen LogP contribution in [0.15, 0.2) is 88.1 Å². The molecular formula is C28H29NO4. The summed E-state index contributed by atoms with van der Waals surface area (Å²) in [4.78, 5) is 13.5. The minimum Gasteiger partial charge on any atom is -0.491 e. The van der Waals surface area contributed by atoms with Gasteiger partial charge in [-0.2, -0.15) is 0 Å². The standard InChI is InChI=1S/C28H29NO4/c1-3-28(2,29)17-21(30)18-32-22-14-15-23-24(16-22)33-27(20-12-8-5-9-13-20)25(26(23)31)19-10-6-4-7-11-19/h4-16,21,30H,3,17-18,29H2,1-2H3. The van der Waals surface area contributed by atoms with Crippen molar-refractivity contribution in [3.8, 4) is 28.2 Å². The van der Waals surface area contributed by atoms with Crippen LogP contribution in [-0.2, 0) is 0 Å². The maximum absolute atomic E-state index is 13.5. The van der Waals surface area contributed by atoms with Crippen molar-refractivity contribution in [1.29, 1.82) is 0 Å². The van der Waals surface area contributed by atoms with E-state index >= 15 is 0 Å². The Morgan fingerprint density at radius 3 is 2.27 bits per heavy atom. The van der Waals surface area contributed by atoms with Gasteiger partial charge in [0, 0.05) is 17.2 Å². The third-order valence-electron chi connectivity index (χ3n) is 5.91. The Hall–Kier alpha value is -3.41. The van der Waals surface area contributed by atoms with Gasteiger partial charge in [0.1, 0.15) is 23.7 Å². The van der Waals surface area contributed by atoms with Gasteiger partial charge in [-0.15, -0.1) is 0 Å². The van der Waals surface area contributed by atoms with Crippen molar-refractivity contribution >= 4 is 11.0 Å². The smallest absolute Gasteiger partial charge is 0.201 e. The van der Waals surface area contributed by atoms with Gasteiger partial charge >= 0.3 is 0 Å². The van der Waals surface area contributed by atoms with Gasteiger partial charge in [0.05, 0.1) is 17.1 Å². The Labute approximate surface area is 193 Å². The van der Waals surface area contributed by atoms with Gasteiger partial charge < -0.3 is 20.0 Å². The average molecular weight is 444 g/mol. The summed E-state index contributed by atoms with van der Waals surface area (Å²) in [7, 11) is 0. The summed E-state index contributed by atoms with van der Waals surface area (Å²) in [5.41, 5.74) is 8.18. The lowest BCUT2D eigenvalue weighted by Gasteiger charge is -2.25. The molecule has 4 aromatic rings. The van der Waals surface area contributed by atoms with Crippen molar-refractivity contribution in [1.82, 2.24) is 0 Å². The first kappa shape index (κ1) is 22.8. The minimum absolute atomic E-state index is 0.102. The SMILES string of the molecule is CCC(C)(N)CC(O)COc1ccc2c(=O)c(-c3ccccc3)c(-c3ccccc3)oc2c1. The highest BCUT2D eigenvalue weighted by atomic mass is 16.5. The first-order valence-electron chi connectivity index (χ1n) is 11.2. The van der Waals surface area contributed by atoms with Crippen LogP contribution in [0, 0.1) is 0 Å². The van der Waals surface area contributed by atoms with Gasteiger partial charge in [-0.1, -0.05) is 67.6 Å². The molecule has 5 heteroatoms. The summed E-state index contributed by atoms with van der Waals surface area (Å²) in [6.45, 7) is 4.01. The number of hydrogen-bond acceptors (Lipinski definition) is 5. The molecule has 0 aliphatic carbocycles. The van der Waals surface area contributed by atoms with Gasteiger partial charge in [0.25, 0.3) is 0 Å². The number of benzene rings is 3. The van der Waals surface area contributed by atoms with E-state index in [0.29, 0.717) is 34.5 Å². The Kier molecular flexibility index (Phi) is 6.63. The first-order chi connectivity index (χ1) is 15.9. The molecule has 5 nitrogen and oxygen atoms in total. The molecular weight excluding hydrogens is 414 g/mol. The fourth-order valence-corrected chi connectivity index (χ4v) is 3.86. The minimum atomic E-state index is -0.692. The topological polar surface area (TPSA) is 85.7 Å². The molecule has 3 aromatic carbocycles. The maximum Gasteiger partial charge on any atom is 0.201 e. The molecule has 0 aliphatic rings. The molecule has 0 radical (unpaired) electrons. The first-order valence-corrected chi connectivity index (χ1v) is 11.2. The second kappa shape index (κ2) is 9.61. The summed E-state index contributed by atoms with van der Waals surface area (Å²) in [5, 5.41) is 10.8. The third kappa shape index (κ3) is 5.16. The Bertz CT molecular complexity index is 1280. The van der Waals surface area contributed by atoms with Crippen LogP contribution in [0.5, 0.6) is 5.75 Å². The van der Waals surface area contributed by atoms with Gasteiger partial charge in [-0.3, -0.25) is 4.79 Å². The lowest BCUT2D eigenvalue weighted by molar-refractivity contribution is 0.0803. The van der Waals surface area contributed by atoms with E-state index in [9.17, 15) is 9.90 Å². The Morgan fingerprint density at radius 2 is 1.64 bits per heavy atom. The largest absolute Gasteiger partial charge is 0.491 e. The number of ether oxygens (including phenoxy) is 1. The molecule has 4 rings (SSSR count). The van der Waals surface area contributed by atoms with Crippen LogP contribution in [0.2, 0.25) is 0 Å². The zero-order valence-electron chi connectivity index (χ0n) is 19.0. The molecule has 0 amide bonds. The number of nitrogens with two attached hydrogens (primary N) is 1. The van der Waals surface area contributed by atoms with Gasteiger partial charge in [-0.05, 0) is 37.5 Å². The fourth-order valence-electron chi connectivity index (χ4n) is 3.86. The van der Waals surface area contributed by atoms with Crippen LogP contribution in [0.1, 0.15) is 26.7 Å². The maximum atomic E-state index is 13.5. The summed E-state index contributed by atoms with van der Waals surface area (Å²) in [6, 6.07) is 24.3. The molecule has 0 saturated carbocycles. The summed E-state index contributed by atoms with van der Waals surface area (Å²) < 4.78 is 12.1. The lowest BCUT2D eigenvalue weighted by Crippen LogP contribution is -2.40. The van der Waals surface area contributed by atoms with E-state index in [1.165, 1.54) is 0 Å². The van der Waals surface area contributed by atoms with Gasteiger partial charge in [0.15, 0.2) is 0 Å². The highest BCUT2D eigenvalue weighted by molar-refractivity contribution is 5.89. The lowest BCUT2D eigenvalue weighted by atomic mass is 9.93. The molecule has 0 spiro atoms. The Morgan fingerprint density at radius 1 is 1.00 bits per heavy atom. The average Bonchev–Trinajstić information content (AvgIpc) is 2.83.